The SMILES string of the molecule is Cc1ccccc1C1C(/C=N/NC(=O)c2ccc(Br)cc2)=C(c2cccs2)Oc2ccccc21. The summed E-state index contributed by atoms with van der Waals surface area (Å²) in [7, 11) is 0. The highest BCUT2D eigenvalue weighted by atomic mass is 79.9. The van der Waals surface area contributed by atoms with E-state index in [-0.39, 0.29) is 11.8 Å². The van der Waals surface area contributed by atoms with Gasteiger partial charge >= 0.3 is 0 Å². The van der Waals surface area contributed by atoms with Gasteiger partial charge in [0.25, 0.3) is 5.91 Å². The van der Waals surface area contributed by atoms with Crippen molar-refractivity contribution >= 4 is 45.1 Å². The van der Waals surface area contributed by atoms with Gasteiger partial charge in [-0.25, -0.2) is 5.43 Å². The molecule has 34 heavy (non-hydrogen) atoms. The van der Waals surface area contributed by atoms with Gasteiger partial charge in [0.1, 0.15) is 11.5 Å². The predicted octanol–water partition coefficient (Wildman–Crippen LogP) is 7.17. The highest BCUT2D eigenvalue weighted by Gasteiger charge is 2.32. The summed E-state index contributed by atoms with van der Waals surface area (Å²) in [5, 5.41) is 6.39. The van der Waals surface area contributed by atoms with E-state index in [1.807, 2.05) is 53.9 Å². The van der Waals surface area contributed by atoms with Crippen molar-refractivity contribution < 1.29 is 9.53 Å². The third kappa shape index (κ3) is 4.47. The van der Waals surface area contributed by atoms with Gasteiger partial charge in [-0.15, -0.1) is 11.3 Å². The third-order valence-corrected chi connectivity index (χ3v) is 7.13. The third-order valence-electron chi connectivity index (χ3n) is 5.74. The monoisotopic (exact) mass is 528 g/mol. The second kappa shape index (κ2) is 9.79. The molecule has 1 N–H and O–H groups in total. The first-order valence-electron chi connectivity index (χ1n) is 10.8. The minimum atomic E-state index is -0.272. The Balaban J connectivity index is 1.59. The number of ether oxygens (including phenoxy) is 1. The average molecular weight is 529 g/mol. The van der Waals surface area contributed by atoms with Crippen molar-refractivity contribution in [2.24, 2.45) is 5.10 Å². The topological polar surface area (TPSA) is 50.7 Å². The Morgan fingerprint density at radius 1 is 0.971 bits per heavy atom. The summed E-state index contributed by atoms with van der Waals surface area (Å²) in [6.45, 7) is 2.11. The van der Waals surface area contributed by atoms with Crippen molar-refractivity contribution in [2.45, 2.75) is 12.8 Å². The van der Waals surface area contributed by atoms with Gasteiger partial charge in [0.05, 0.1) is 11.1 Å². The van der Waals surface area contributed by atoms with E-state index in [1.165, 1.54) is 11.1 Å². The molecule has 1 unspecified atom stereocenters. The zero-order chi connectivity index (χ0) is 23.5. The van der Waals surface area contributed by atoms with E-state index in [9.17, 15) is 4.79 Å². The van der Waals surface area contributed by atoms with Crippen LogP contribution in [0.25, 0.3) is 5.76 Å². The number of thiophene rings is 1. The number of carbonyl (C=O) groups is 1. The van der Waals surface area contributed by atoms with Crippen LogP contribution in [0.1, 0.15) is 37.8 Å². The molecule has 5 rings (SSSR count). The van der Waals surface area contributed by atoms with Crippen LogP contribution >= 0.6 is 27.3 Å². The molecule has 0 radical (unpaired) electrons. The molecule has 4 aromatic rings. The van der Waals surface area contributed by atoms with Gasteiger partial charge in [-0.3, -0.25) is 4.79 Å². The number of nitrogens with zero attached hydrogens (tertiary/aromatic N) is 1. The van der Waals surface area contributed by atoms with Gasteiger partial charge in [-0.2, -0.15) is 5.10 Å². The van der Waals surface area contributed by atoms with Crippen LogP contribution in [0, 0.1) is 6.92 Å². The van der Waals surface area contributed by atoms with Gasteiger partial charge in [0.15, 0.2) is 0 Å². The van der Waals surface area contributed by atoms with Gasteiger partial charge in [0, 0.05) is 27.1 Å². The van der Waals surface area contributed by atoms with Crippen LogP contribution in [-0.4, -0.2) is 12.1 Å². The fourth-order valence-corrected chi connectivity index (χ4v) is 5.08. The van der Waals surface area contributed by atoms with E-state index in [0.29, 0.717) is 5.56 Å². The van der Waals surface area contributed by atoms with Crippen molar-refractivity contribution in [3.05, 3.63) is 127 Å². The number of aryl methyl sites for hydroxylation is 1. The lowest BCUT2D eigenvalue weighted by Gasteiger charge is -2.30. The first kappa shape index (κ1) is 22.3. The van der Waals surface area contributed by atoms with Crippen molar-refractivity contribution in [1.29, 1.82) is 0 Å². The second-order valence-electron chi connectivity index (χ2n) is 7.90. The average Bonchev–Trinajstić information content (AvgIpc) is 3.39. The lowest BCUT2D eigenvalue weighted by molar-refractivity contribution is 0.0955. The summed E-state index contributed by atoms with van der Waals surface area (Å²) in [4.78, 5) is 13.6. The molecule has 0 fully saturated rings. The van der Waals surface area contributed by atoms with Gasteiger partial charge in [0.2, 0.25) is 0 Å². The van der Waals surface area contributed by atoms with Crippen LogP contribution in [0.15, 0.2) is 105 Å². The lowest BCUT2D eigenvalue weighted by atomic mass is 9.80. The van der Waals surface area contributed by atoms with Crippen molar-refractivity contribution in [3.63, 3.8) is 0 Å². The summed E-state index contributed by atoms with van der Waals surface area (Å²) in [5.74, 6) is 1.22. The van der Waals surface area contributed by atoms with Crippen LogP contribution in [-0.2, 0) is 0 Å². The molecule has 1 atom stereocenters. The standard InChI is InChI=1S/C28H21BrN2O2S/c1-18-7-2-3-8-21(18)26-22-9-4-5-10-24(22)33-27(25-11-6-16-34-25)23(26)17-30-31-28(32)19-12-14-20(29)15-13-19/h2-17,26H,1H3,(H,31,32)/b30-17+. The maximum Gasteiger partial charge on any atom is 0.271 e. The number of amides is 1. The number of carbonyl (C=O) groups excluding carboxylic acids is 1. The number of hydrazone groups is 1. The Morgan fingerprint density at radius 3 is 2.44 bits per heavy atom. The number of para-hydroxylation sites is 1. The van der Waals surface area contributed by atoms with E-state index >= 15 is 0 Å². The minimum absolute atomic E-state index is 0.0865. The molecule has 2 heterocycles. The normalized spacial score (nSPS) is 15.2. The molecule has 4 nitrogen and oxygen atoms in total. The highest BCUT2D eigenvalue weighted by molar-refractivity contribution is 9.10. The fourth-order valence-electron chi connectivity index (χ4n) is 4.08. The van der Waals surface area contributed by atoms with E-state index in [1.54, 1.807) is 29.7 Å². The van der Waals surface area contributed by atoms with E-state index in [2.05, 4.69) is 57.6 Å². The number of hydrogen-bond donors (Lipinski definition) is 1. The molecule has 1 aliphatic rings. The molecule has 0 aliphatic carbocycles. The molecule has 1 aliphatic heterocycles. The molecule has 6 heteroatoms. The fraction of sp³-hybridized carbons (Fsp3) is 0.0714. The first-order chi connectivity index (χ1) is 16.6. The quantitative estimate of drug-likeness (QED) is 0.220. The zero-order valence-corrected chi connectivity index (χ0v) is 20.8. The number of halogens is 1. The van der Waals surface area contributed by atoms with Crippen LogP contribution in [0.5, 0.6) is 5.75 Å². The van der Waals surface area contributed by atoms with Crippen molar-refractivity contribution in [1.82, 2.24) is 5.43 Å². The van der Waals surface area contributed by atoms with Gasteiger partial charge in [-0.1, -0.05) is 64.5 Å². The molecule has 0 saturated carbocycles. The van der Waals surface area contributed by atoms with Crippen LogP contribution < -0.4 is 10.2 Å². The van der Waals surface area contributed by atoms with E-state index in [0.717, 1.165) is 32.0 Å². The summed E-state index contributed by atoms with van der Waals surface area (Å²) in [6.07, 6.45) is 1.72. The number of allylic oxidation sites excluding steroid dienone is 1. The Labute approximate surface area is 210 Å². The molecular weight excluding hydrogens is 508 g/mol. The molecule has 0 saturated heterocycles. The molecule has 3 aromatic carbocycles. The molecule has 1 aromatic heterocycles. The van der Waals surface area contributed by atoms with Crippen molar-refractivity contribution in [3.8, 4) is 5.75 Å². The molecule has 168 valence electrons. The Bertz CT molecular complexity index is 1390. The highest BCUT2D eigenvalue weighted by Crippen LogP contribution is 2.46. The Kier molecular flexibility index (Phi) is 6.43. The second-order valence-corrected chi connectivity index (χ2v) is 9.76. The smallest absolute Gasteiger partial charge is 0.271 e. The molecule has 0 spiro atoms. The van der Waals surface area contributed by atoms with Crippen LogP contribution in [0.2, 0.25) is 0 Å². The molecule has 0 bridgehead atoms. The number of benzene rings is 3. The lowest BCUT2D eigenvalue weighted by Crippen LogP contribution is -2.21. The van der Waals surface area contributed by atoms with Crippen LogP contribution in [0.3, 0.4) is 0 Å². The number of rotatable bonds is 5. The predicted molar refractivity (Wildman–Crippen MR) is 141 cm³/mol. The molecular formula is C28H21BrN2O2S. The van der Waals surface area contributed by atoms with Crippen molar-refractivity contribution in [2.75, 3.05) is 0 Å². The van der Waals surface area contributed by atoms with Gasteiger partial charge in [-0.05, 0) is 59.8 Å². The number of nitrogens with one attached hydrogen (secondary N) is 1. The summed E-state index contributed by atoms with van der Waals surface area (Å²) < 4.78 is 7.33. The van der Waals surface area contributed by atoms with Crippen LogP contribution in [0.4, 0.5) is 0 Å². The summed E-state index contributed by atoms with van der Waals surface area (Å²) in [5.41, 5.74) is 7.52. The van der Waals surface area contributed by atoms with E-state index in [4.69, 9.17) is 4.74 Å². The maximum absolute atomic E-state index is 12.6. The Hall–Kier alpha value is -3.48. The zero-order valence-electron chi connectivity index (χ0n) is 18.4. The summed E-state index contributed by atoms with van der Waals surface area (Å²) in [6, 6.07) is 27.6. The molecule has 1 amide bonds. The minimum Gasteiger partial charge on any atom is -0.455 e. The largest absolute Gasteiger partial charge is 0.455 e. The van der Waals surface area contributed by atoms with E-state index < -0.39 is 0 Å². The number of fused-ring (bicyclic) bond motifs is 1. The first-order valence-corrected chi connectivity index (χ1v) is 12.5. The number of hydrogen-bond acceptors (Lipinski definition) is 4. The van der Waals surface area contributed by atoms with Gasteiger partial charge < -0.3 is 4.74 Å². The summed E-state index contributed by atoms with van der Waals surface area (Å²) >= 11 is 5.00. The Morgan fingerprint density at radius 2 is 1.71 bits per heavy atom. The maximum atomic E-state index is 12.6.